The number of carbonyl (C=O) groups excluding carboxylic acids is 2. The molecule has 2 N–H and O–H groups in total. The van der Waals surface area contributed by atoms with Gasteiger partial charge in [-0.3, -0.25) is 9.59 Å². The van der Waals surface area contributed by atoms with Crippen molar-refractivity contribution in [2.24, 2.45) is 23.2 Å². The van der Waals surface area contributed by atoms with Gasteiger partial charge in [-0.25, -0.2) is 4.68 Å². The molecule has 2 aliphatic carbocycles. The summed E-state index contributed by atoms with van der Waals surface area (Å²) in [6.45, 7) is 16.5. The molecule has 53 heavy (non-hydrogen) atoms. The van der Waals surface area contributed by atoms with Gasteiger partial charge in [-0.15, -0.1) is 5.10 Å². The minimum absolute atomic E-state index is 0.0947. The van der Waals surface area contributed by atoms with Crippen LogP contribution in [0.4, 0.5) is 0 Å². The Morgan fingerprint density at radius 3 is 2.32 bits per heavy atom. The highest BCUT2D eigenvalue weighted by atomic mass is 16.5. The molecular formula is C41H67N5O7. The fraction of sp³-hybridized carbons (Fsp3) is 0.756. The number of aromatic nitrogens is 3. The number of nitrogens with one attached hydrogen (secondary N) is 2. The summed E-state index contributed by atoms with van der Waals surface area (Å²) >= 11 is 0. The van der Waals surface area contributed by atoms with E-state index in [-0.39, 0.29) is 17.4 Å². The minimum atomic E-state index is -0.139. The van der Waals surface area contributed by atoms with Crippen molar-refractivity contribution >= 4 is 11.9 Å². The maximum absolute atomic E-state index is 12.5. The predicted molar refractivity (Wildman–Crippen MR) is 205 cm³/mol. The monoisotopic (exact) mass is 742 g/mol. The van der Waals surface area contributed by atoms with E-state index in [9.17, 15) is 9.59 Å². The van der Waals surface area contributed by atoms with Crippen LogP contribution in [0.2, 0.25) is 0 Å². The van der Waals surface area contributed by atoms with E-state index in [2.05, 4.69) is 55.6 Å². The molecule has 2 aliphatic rings. The summed E-state index contributed by atoms with van der Waals surface area (Å²) in [5.74, 6) is 2.17. The SMILES string of the molecule is CCC(C)(C)CCOCCCC(=O)OC[C@@H]1[C@@H]2CCc3c(nnn3CCOCCOCCNC(=O)c3ccc(OCCCC(C)(C)NC)cc3)CC[C@@H]21. The highest BCUT2D eigenvalue weighted by Gasteiger charge is 2.50. The number of hydrogen-bond donors (Lipinski definition) is 2. The van der Waals surface area contributed by atoms with Crippen molar-refractivity contribution in [3.8, 4) is 5.75 Å². The second-order valence-electron chi connectivity index (χ2n) is 16.0. The lowest BCUT2D eigenvalue weighted by Crippen LogP contribution is -2.36. The Labute approximate surface area is 317 Å². The summed E-state index contributed by atoms with van der Waals surface area (Å²) in [4.78, 5) is 24.8. The van der Waals surface area contributed by atoms with Crippen LogP contribution in [0.15, 0.2) is 24.3 Å². The molecule has 12 nitrogen and oxygen atoms in total. The van der Waals surface area contributed by atoms with Crippen molar-refractivity contribution in [2.75, 3.05) is 66.4 Å². The highest BCUT2D eigenvalue weighted by molar-refractivity contribution is 5.94. The van der Waals surface area contributed by atoms with Crippen molar-refractivity contribution in [2.45, 2.75) is 111 Å². The van der Waals surface area contributed by atoms with E-state index in [1.807, 2.05) is 23.9 Å². The molecule has 0 spiro atoms. The van der Waals surface area contributed by atoms with Gasteiger partial charge in [0.15, 0.2) is 0 Å². The number of benzene rings is 1. The molecular weight excluding hydrogens is 674 g/mol. The highest BCUT2D eigenvalue weighted by Crippen LogP contribution is 2.53. The number of aryl methyl sites for hydroxylation is 1. The van der Waals surface area contributed by atoms with Gasteiger partial charge in [-0.1, -0.05) is 32.4 Å². The fourth-order valence-corrected chi connectivity index (χ4v) is 6.80. The zero-order chi connectivity index (χ0) is 38.1. The Kier molecular flexibility index (Phi) is 17.5. The largest absolute Gasteiger partial charge is 0.494 e. The van der Waals surface area contributed by atoms with Crippen LogP contribution in [0, 0.1) is 23.2 Å². The number of nitrogens with zero attached hydrogens (tertiary/aromatic N) is 3. The third-order valence-electron chi connectivity index (χ3n) is 11.2. The maximum Gasteiger partial charge on any atom is 0.305 e. The lowest BCUT2D eigenvalue weighted by molar-refractivity contribution is -0.144. The van der Waals surface area contributed by atoms with Gasteiger partial charge in [0.05, 0.1) is 57.6 Å². The lowest BCUT2D eigenvalue weighted by Gasteiger charge is -2.23. The van der Waals surface area contributed by atoms with E-state index >= 15 is 0 Å². The summed E-state index contributed by atoms with van der Waals surface area (Å²) in [5.41, 5.74) is 3.28. The van der Waals surface area contributed by atoms with Gasteiger partial charge >= 0.3 is 5.97 Å². The summed E-state index contributed by atoms with van der Waals surface area (Å²) < 4.78 is 30.7. The van der Waals surface area contributed by atoms with Gasteiger partial charge in [0.2, 0.25) is 0 Å². The van der Waals surface area contributed by atoms with Gasteiger partial charge in [-0.2, -0.15) is 0 Å². The Morgan fingerprint density at radius 1 is 0.868 bits per heavy atom. The summed E-state index contributed by atoms with van der Waals surface area (Å²) in [5, 5.41) is 15.1. The van der Waals surface area contributed by atoms with E-state index in [0.717, 1.165) is 69.4 Å². The number of rotatable bonds is 26. The van der Waals surface area contributed by atoms with Crippen molar-refractivity contribution in [1.82, 2.24) is 25.6 Å². The van der Waals surface area contributed by atoms with Crippen molar-refractivity contribution in [3.63, 3.8) is 0 Å². The van der Waals surface area contributed by atoms with Gasteiger partial charge < -0.3 is 34.3 Å². The number of fused-ring (bicyclic) bond motifs is 2. The van der Waals surface area contributed by atoms with Gasteiger partial charge in [-0.05, 0) is 120 Å². The molecule has 4 rings (SSSR count). The Morgan fingerprint density at radius 2 is 1.58 bits per heavy atom. The van der Waals surface area contributed by atoms with Crippen molar-refractivity contribution in [3.05, 3.63) is 41.2 Å². The molecule has 0 aliphatic heterocycles. The second-order valence-corrected chi connectivity index (χ2v) is 16.0. The zero-order valence-electron chi connectivity index (χ0n) is 33.4. The van der Waals surface area contributed by atoms with Crippen LogP contribution in [-0.2, 0) is 43.1 Å². The first-order valence-corrected chi connectivity index (χ1v) is 20.0. The van der Waals surface area contributed by atoms with Crippen LogP contribution in [-0.4, -0.2) is 98.9 Å². The normalized spacial score (nSPS) is 18.4. The van der Waals surface area contributed by atoms with Crippen LogP contribution in [0.3, 0.4) is 0 Å². The lowest BCUT2D eigenvalue weighted by atomic mass is 9.87. The number of hydrogen-bond acceptors (Lipinski definition) is 10. The Balaban J connectivity index is 1.00. The topological polar surface area (TPSA) is 135 Å². The van der Waals surface area contributed by atoms with Crippen molar-refractivity contribution in [1.29, 1.82) is 0 Å². The number of carbonyl (C=O) groups is 2. The Bertz CT molecular complexity index is 1380. The zero-order valence-corrected chi connectivity index (χ0v) is 33.4. The summed E-state index contributed by atoms with van der Waals surface area (Å²) in [6.07, 6.45) is 9.24. The third kappa shape index (κ3) is 14.9. The molecule has 12 heteroatoms. The maximum atomic E-state index is 12.5. The number of amides is 1. The van der Waals surface area contributed by atoms with E-state index < -0.39 is 0 Å². The predicted octanol–water partition coefficient (Wildman–Crippen LogP) is 5.81. The molecule has 3 atom stereocenters. The first kappa shape index (κ1) is 42.7. The molecule has 0 radical (unpaired) electrons. The molecule has 1 aromatic carbocycles. The summed E-state index contributed by atoms with van der Waals surface area (Å²) in [6, 6.07) is 7.22. The molecule has 0 unspecified atom stereocenters. The second kappa shape index (κ2) is 21.7. The standard InChI is InChI=1S/C41H67N5O7/c1-7-40(2,3)20-25-49-23-8-10-38(47)53-30-35-33-15-17-36-37(18-16-34(33)35)46(45-44-36)22-27-51-29-28-50-26-21-43-39(48)31-11-13-32(14-12-31)52-24-9-19-41(4,5)42-6/h11-14,33-35,42H,7-10,15-30H2,1-6H3,(H,43,48)/t33-,34+,35-/m0/s1. The van der Waals surface area contributed by atoms with Crippen LogP contribution < -0.4 is 15.4 Å². The van der Waals surface area contributed by atoms with E-state index in [1.165, 1.54) is 5.69 Å². The van der Waals surface area contributed by atoms with Gasteiger partial charge in [0.1, 0.15) is 5.75 Å². The molecule has 1 amide bonds. The average molecular weight is 742 g/mol. The first-order valence-electron chi connectivity index (χ1n) is 20.0. The first-order chi connectivity index (χ1) is 25.5. The molecule has 298 valence electrons. The average Bonchev–Trinajstić information content (AvgIpc) is 3.66. The molecule has 1 heterocycles. The van der Waals surface area contributed by atoms with E-state index in [1.54, 1.807) is 12.1 Å². The molecule has 1 saturated carbocycles. The van der Waals surface area contributed by atoms with E-state index in [0.29, 0.717) is 101 Å². The molecule has 1 aromatic heterocycles. The van der Waals surface area contributed by atoms with Crippen LogP contribution in [0.5, 0.6) is 5.75 Å². The van der Waals surface area contributed by atoms with Crippen LogP contribution in [0.1, 0.15) is 108 Å². The minimum Gasteiger partial charge on any atom is -0.494 e. The quantitative estimate of drug-likeness (QED) is 0.0900. The fourth-order valence-electron chi connectivity index (χ4n) is 6.80. The smallest absolute Gasteiger partial charge is 0.305 e. The molecule has 1 fully saturated rings. The summed E-state index contributed by atoms with van der Waals surface area (Å²) in [7, 11) is 1.97. The molecule has 2 aromatic rings. The van der Waals surface area contributed by atoms with Crippen LogP contribution in [0.25, 0.3) is 0 Å². The number of esters is 1. The van der Waals surface area contributed by atoms with Crippen molar-refractivity contribution < 1.29 is 33.3 Å². The third-order valence-corrected chi connectivity index (χ3v) is 11.2. The Hall–Kier alpha value is -3.06. The van der Waals surface area contributed by atoms with Gasteiger partial charge in [0, 0.05) is 37.3 Å². The van der Waals surface area contributed by atoms with Crippen LogP contribution >= 0.6 is 0 Å². The molecule has 0 bridgehead atoms. The molecule has 0 saturated heterocycles. The van der Waals surface area contributed by atoms with E-state index in [4.69, 9.17) is 23.7 Å². The number of ether oxygens (including phenoxy) is 5. The van der Waals surface area contributed by atoms with Gasteiger partial charge in [0.25, 0.3) is 5.91 Å².